The highest BCUT2D eigenvalue weighted by molar-refractivity contribution is 5.64. The third-order valence-electron chi connectivity index (χ3n) is 8.83. The lowest BCUT2D eigenvalue weighted by Crippen LogP contribution is -2.44. The van der Waals surface area contributed by atoms with Gasteiger partial charge in [0.2, 0.25) is 0 Å². The Kier molecular flexibility index (Phi) is 7.28. The summed E-state index contributed by atoms with van der Waals surface area (Å²) in [5.74, 6) is -0.687. The van der Waals surface area contributed by atoms with E-state index in [1.165, 1.54) is 12.1 Å². The van der Waals surface area contributed by atoms with Crippen LogP contribution in [0.2, 0.25) is 0 Å². The summed E-state index contributed by atoms with van der Waals surface area (Å²) in [5, 5.41) is 24.8. The van der Waals surface area contributed by atoms with Crippen LogP contribution in [-0.4, -0.2) is 50.0 Å². The number of fused-ring (bicyclic) bond motifs is 1. The number of benzene rings is 1. The molecule has 41 heavy (non-hydrogen) atoms. The van der Waals surface area contributed by atoms with E-state index in [1.54, 1.807) is 35.2 Å². The Morgan fingerprint density at radius 1 is 1.15 bits per heavy atom. The van der Waals surface area contributed by atoms with Crippen molar-refractivity contribution in [1.82, 2.24) is 19.6 Å². The Balaban J connectivity index is 1.34. The molecule has 6 rings (SSSR count). The van der Waals surface area contributed by atoms with Gasteiger partial charge in [-0.3, -0.25) is 4.98 Å². The van der Waals surface area contributed by atoms with Gasteiger partial charge in [-0.05, 0) is 84.5 Å². The van der Waals surface area contributed by atoms with Crippen LogP contribution in [0.5, 0.6) is 0 Å². The zero-order valence-electron chi connectivity index (χ0n) is 22.8. The first-order valence-electron chi connectivity index (χ1n) is 14.0. The highest BCUT2D eigenvalue weighted by Crippen LogP contribution is 2.39. The van der Waals surface area contributed by atoms with Gasteiger partial charge in [-0.15, -0.1) is 0 Å². The minimum Gasteiger partial charge on any atom is -0.391 e. The van der Waals surface area contributed by atoms with Crippen molar-refractivity contribution in [3.63, 3.8) is 0 Å². The van der Waals surface area contributed by atoms with Crippen LogP contribution >= 0.6 is 0 Å². The summed E-state index contributed by atoms with van der Waals surface area (Å²) in [7, 11) is 0. The fraction of sp³-hybridized carbons (Fsp3) is 0.419. The number of rotatable bonds is 5. The maximum absolute atomic E-state index is 15.5. The molecule has 4 aromatic rings. The second kappa shape index (κ2) is 10.9. The molecular weight excluding hydrogens is 526 g/mol. The topological polar surface area (TPSA) is 122 Å². The van der Waals surface area contributed by atoms with E-state index in [9.17, 15) is 10.4 Å². The predicted octanol–water partition coefficient (Wildman–Crippen LogP) is 4.43. The van der Waals surface area contributed by atoms with Gasteiger partial charge in [-0.2, -0.15) is 10.4 Å². The molecule has 4 heterocycles. The minimum absolute atomic E-state index is 0.0758. The highest BCUT2D eigenvalue weighted by atomic mass is 19.1. The number of aliphatic hydroxyl groups is 1. The molecule has 10 heteroatoms. The minimum atomic E-state index is -0.979. The predicted molar refractivity (Wildman–Crippen MR) is 148 cm³/mol. The molecule has 1 aromatic carbocycles. The smallest absolute Gasteiger partial charge is 0.135 e. The Labute approximate surface area is 236 Å². The SMILES string of the molecule is C[C@H]1C[C@@H](c2ccncc2Cc2ncc3ccc(-c4c(F)cc(C5(C#N)CCOCC5)cc4F)nn23)C[C@@H](N)[C@H]1O. The molecule has 4 atom stereocenters. The number of hydrogen-bond acceptors (Lipinski definition) is 7. The fourth-order valence-corrected chi connectivity index (χ4v) is 6.45. The van der Waals surface area contributed by atoms with E-state index >= 15 is 8.78 Å². The molecule has 2 aliphatic rings. The molecule has 8 nitrogen and oxygen atoms in total. The molecular formula is C31H32F2N6O2. The van der Waals surface area contributed by atoms with Crippen molar-refractivity contribution < 1.29 is 18.6 Å². The van der Waals surface area contributed by atoms with Crippen LogP contribution in [-0.2, 0) is 16.6 Å². The van der Waals surface area contributed by atoms with Gasteiger partial charge in [-0.1, -0.05) is 6.92 Å². The number of nitrogens with two attached hydrogens (primary N) is 1. The van der Waals surface area contributed by atoms with Crippen LogP contribution in [0.3, 0.4) is 0 Å². The van der Waals surface area contributed by atoms with E-state index in [0.717, 1.165) is 17.5 Å². The third-order valence-corrected chi connectivity index (χ3v) is 8.83. The Morgan fingerprint density at radius 2 is 1.90 bits per heavy atom. The normalized spacial score (nSPS) is 24.3. The highest BCUT2D eigenvalue weighted by Gasteiger charge is 2.36. The molecule has 1 aliphatic heterocycles. The second-order valence-electron chi connectivity index (χ2n) is 11.4. The first kappa shape index (κ1) is 27.4. The molecule has 2 fully saturated rings. The number of imidazole rings is 1. The summed E-state index contributed by atoms with van der Waals surface area (Å²) in [6.07, 6.45) is 7.37. The monoisotopic (exact) mass is 558 g/mol. The van der Waals surface area contributed by atoms with Gasteiger partial charge in [0.1, 0.15) is 17.5 Å². The summed E-state index contributed by atoms with van der Waals surface area (Å²) in [6, 6.07) is 9.77. The van der Waals surface area contributed by atoms with E-state index in [1.807, 2.05) is 13.0 Å². The second-order valence-corrected chi connectivity index (χ2v) is 11.4. The van der Waals surface area contributed by atoms with Crippen molar-refractivity contribution in [1.29, 1.82) is 5.26 Å². The summed E-state index contributed by atoms with van der Waals surface area (Å²) >= 11 is 0. The van der Waals surface area contributed by atoms with Crippen LogP contribution in [0.25, 0.3) is 16.8 Å². The number of halogens is 2. The summed E-state index contributed by atoms with van der Waals surface area (Å²) < 4.78 is 38.0. The molecule has 0 radical (unpaired) electrons. The van der Waals surface area contributed by atoms with Gasteiger partial charge >= 0.3 is 0 Å². The van der Waals surface area contributed by atoms with Crippen LogP contribution in [0.15, 0.2) is 48.9 Å². The van der Waals surface area contributed by atoms with Gasteiger partial charge in [0.25, 0.3) is 0 Å². The number of nitriles is 1. The number of hydrogen-bond donors (Lipinski definition) is 2. The van der Waals surface area contributed by atoms with Crippen LogP contribution < -0.4 is 5.73 Å². The Bertz CT molecular complexity index is 1590. The van der Waals surface area contributed by atoms with Crippen LogP contribution in [0, 0.1) is 28.9 Å². The molecule has 0 unspecified atom stereocenters. The number of pyridine rings is 1. The van der Waals surface area contributed by atoms with E-state index in [2.05, 4.69) is 21.1 Å². The Hall–Kier alpha value is -3.78. The van der Waals surface area contributed by atoms with Crippen molar-refractivity contribution in [3.05, 3.63) is 83.1 Å². The summed E-state index contributed by atoms with van der Waals surface area (Å²) in [4.78, 5) is 8.90. The average Bonchev–Trinajstić information content (AvgIpc) is 3.37. The average molecular weight is 559 g/mol. The number of nitrogens with zero attached hydrogens (tertiary/aromatic N) is 5. The van der Waals surface area contributed by atoms with Crippen molar-refractivity contribution in [2.45, 2.75) is 62.5 Å². The number of aliphatic hydroxyl groups excluding tert-OH is 1. The fourth-order valence-electron chi connectivity index (χ4n) is 6.45. The van der Waals surface area contributed by atoms with Crippen LogP contribution in [0.1, 0.15) is 61.0 Å². The van der Waals surface area contributed by atoms with Gasteiger partial charge in [0, 0.05) is 38.1 Å². The molecule has 3 N–H and O–H groups in total. The molecule has 212 valence electrons. The maximum Gasteiger partial charge on any atom is 0.135 e. The molecule has 0 amide bonds. The molecule has 3 aromatic heterocycles. The zero-order chi connectivity index (χ0) is 28.7. The third kappa shape index (κ3) is 4.99. The quantitative estimate of drug-likeness (QED) is 0.372. The van der Waals surface area contributed by atoms with Crippen molar-refractivity contribution >= 4 is 5.52 Å². The molecule has 1 saturated carbocycles. The van der Waals surface area contributed by atoms with Gasteiger partial charge < -0.3 is 15.6 Å². The molecule has 1 aliphatic carbocycles. The summed E-state index contributed by atoms with van der Waals surface area (Å²) in [6.45, 7) is 2.75. The van der Waals surface area contributed by atoms with E-state index in [-0.39, 0.29) is 29.1 Å². The maximum atomic E-state index is 15.5. The lowest BCUT2D eigenvalue weighted by atomic mass is 9.74. The van der Waals surface area contributed by atoms with Gasteiger partial charge in [0.05, 0.1) is 40.6 Å². The lowest BCUT2D eigenvalue weighted by Gasteiger charge is -2.36. The van der Waals surface area contributed by atoms with E-state index in [0.29, 0.717) is 55.8 Å². The van der Waals surface area contributed by atoms with Crippen molar-refractivity contribution in [2.24, 2.45) is 11.7 Å². The number of aromatic nitrogens is 4. The summed E-state index contributed by atoms with van der Waals surface area (Å²) in [5.41, 5.74) is 8.23. The molecule has 0 bridgehead atoms. The van der Waals surface area contributed by atoms with Crippen molar-refractivity contribution in [2.75, 3.05) is 13.2 Å². The van der Waals surface area contributed by atoms with E-state index < -0.39 is 23.2 Å². The molecule has 1 saturated heterocycles. The first-order valence-corrected chi connectivity index (χ1v) is 14.0. The van der Waals surface area contributed by atoms with Crippen molar-refractivity contribution in [3.8, 4) is 17.3 Å². The number of ether oxygens (including phenoxy) is 1. The Morgan fingerprint density at radius 3 is 2.61 bits per heavy atom. The lowest BCUT2D eigenvalue weighted by molar-refractivity contribution is 0.0519. The largest absolute Gasteiger partial charge is 0.391 e. The molecule has 0 spiro atoms. The van der Waals surface area contributed by atoms with Gasteiger partial charge in [0.15, 0.2) is 0 Å². The van der Waals surface area contributed by atoms with Gasteiger partial charge in [-0.25, -0.2) is 18.3 Å². The van der Waals surface area contributed by atoms with E-state index in [4.69, 9.17) is 10.5 Å². The standard InChI is InChI=1S/C31H32F2N6O2/c1-18-10-19(11-26(35)30(18)40)23-4-7-36-15-20(23)12-28-37-16-22-2-3-27(38-39(22)28)29-24(32)13-21(14-25(29)33)31(17-34)5-8-41-9-6-31/h2-4,7,13-16,18-19,26,30,40H,5-6,8-12,35H2,1H3/t18-,19+,26+,30-/m0/s1. The first-order chi connectivity index (χ1) is 19.8. The zero-order valence-corrected chi connectivity index (χ0v) is 22.8. The van der Waals surface area contributed by atoms with Crippen LogP contribution in [0.4, 0.5) is 8.78 Å².